The standard InChI is InChI=1S/C32H41F2N5O9/c1-18(2)27(29(46)32(33,34)22(40)13-20-9-6-5-7-10-20)36-30(47)21-11-8-12-39(21)31(48)28(19(3)4)35-23(41)14-37-15-25(43)38(16-24(37)42)17-26(44)45/h5-7,9-10,18-19,21,27-28H,8,11-17H2,1-4H3,(H,35,41)(H,36,47)(H,44,45)/t21-,27-,28-/m0/s1. The third-order valence-corrected chi connectivity index (χ3v) is 8.22. The van der Waals surface area contributed by atoms with E-state index in [0.717, 1.165) is 9.80 Å². The van der Waals surface area contributed by atoms with E-state index in [1.807, 2.05) is 0 Å². The van der Waals surface area contributed by atoms with Gasteiger partial charge in [0, 0.05) is 13.0 Å². The Morgan fingerprint density at radius 2 is 1.44 bits per heavy atom. The van der Waals surface area contributed by atoms with Gasteiger partial charge in [-0.25, -0.2) is 0 Å². The SMILES string of the molecule is CC(C)[C@H](NC(=O)CN1CC(=O)N(CC(=O)O)CC1=O)C(=O)N1CCC[C@H]1C(=O)N[C@H](C(=O)C(F)(F)C(=O)Cc1ccccc1)C(C)C. The summed E-state index contributed by atoms with van der Waals surface area (Å²) in [6.07, 6.45) is -0.168. The Bertz CT molecular complexity index is 1440. The fourth-order valence-electron chi connectivity index (χ4n) is 5.55. The monoisotopic (exact) mass is 677 g/mol. The predicted molar refractivity (Wildman–Crippen MR) is 164 cm³/mol. The van der Waals surface area contributed by atoms with Gasteiger partial charge in [0.25, 0.3) is 0 Å². The van der Waals surface area contributed by atoms with Crippen LogP contribution < -0.4 is 10.6 Å². The van der Waals surface area contributed by atoms with Gasteiger partial charge in [-0.1, -0.05) is 58.0 Å². The number of aliphatic carboxylic acids is 1. The lowest BCUT2D eigenvalue weighted by Gasteiger charge is -2.34. The van der Waals surface area contributed by atoms with Gasteiger partial charge in [-0.05, 0) is 30.2 Å². The molecule has 0 spiro atoms. The van der Waals surface area contributed by atoms with Crippen LogP contribution in [0.4, 0.5) is 8.78 Å². The topological polar surface area (TPSA) is 191 Å². The number of nitrogens with one attached hydrogen (secondary N) is 2. The number of piperazine rings is 1. The van der Waals surface area contributed by atoms with Crippen molar-refractivity contribution in [3.8, 4) is 0 Å². The molecule has 48 heavy (non-hydrogen) atoms. The van der Waals surface area contributed by atoms with E-state index in [4.69, 9.17) is 5.11 Å². The van der Waals surface area contributed by atoms with E-state index in [1.165, 1.54) is 30.9 Å². The fraction of sp³-hybridized carbons (Fsp3) is 0.562. The Morgan fingerprint density at radius 1 is 0.875 bits per heavy atom. The Kier molecular flexibility index (Phi) is 12.5. The summed E-state index contributed by atoms with van der Waals surface area (Å²) in [5.74, 6) is -14.0. The molecular formula is C32H41F2N5O9. The van der Waals surface area contributed by atoms with Crippen LogP contribution in [-0.2, 0) is 44.8 Å². The molecule has 3 rings (SSSR count). The first-order valence-electron chi connectivity index (χ1n) is 15.6. The van der Waals surface area contributed by atoms with Crippen molar-refractivity contribution in [3.05, 3.63) is 35.9 Å². The highest BCUT2D eigenvalue weighted by Gasteiger charge is 2.51. The van der Waals surface area contributed by atoms with E-state index in [0.29, 0.717) is 12.0 Å². The van der Waals surface area contributed by atoms with Crippen LogP contribution in [0.2, 0.25) is 0 Å². The molecule has 2 saturated heterocycles. The minimum Gasteiger partial charge on any atom is -0.480 e. The van der Waals surface area contributed by atoms with Crippen LogP contribution in [0.1, 0.15) is 46.1 Å². The zero-order valence-corrected chi connectivity index (χ0v) is 27.2. The minimum absolute atomic E-state index is 0.0978. The van der Waals surface area contributed by atoms with Gasteiger partial charge < -0.3 is 30.4 Å². The van der Waals surface area contributed by atoms with E-state index in [-0.39, 0.29) is 13.0 Å². The van der Waals surface area contributed by atoms with Crippen molar-refractivity contribution >= 4 is 47.1 Å². The lowest BCUT2D eigenvalue weighted by molar-refractivity contribution is -0.159. The van der Waals surface area contributed by atoms with Crippen LogP contribution in [-0.4, -0.2) is 124 Å². The van der Waals surface area contributed by atoms with Crippen molar-refractivity contribution in [2.24, 2.45) is 11.8 Å². The van der Waals surface area contributed by atoms with E-state index in [1.54, 1.807) is 32.0 Å². The molecule has 2 heterocycles. The molecule has 16 heteroatoms. The van der Waals surface area contributed by atoms with Gasteiger partial charge in [0.2, 0.25) is 41.1 Å². The highest BCUT2D eigenvalue weighted by molar-refractivity contribution is 6.12. The first-order valence-corrected chi connectivity index (χ1v) is 15.6. The molecule has 0 saturated carbocycles. The summed E-state index contributed by atoms with van der Waals surface area (Å²) in [4.78, 5) is 104. The van der Waals surface area contributed by atoms with E-state index < -0.39 is 116 Å². The number of ketones is 2. The second-order valence-electron chi connectivity index (χ2n) is 12.6. The maximum absolute atomic E-state index is 15.1. The molecule has 2 fully saturated rings. The normalized spacial score (nSPS) is 18.2. The molecule has 262 valence electrons. The predicted octanol–water partition coefficient (Wildman–Crippen LogP) is 0.0306. The number of hydrogen-bond donors (Lipinski definition) is 3. The summed E-state index contributed by atoms with van der Waals surface area (Å²) in [5.41, 5.74) is 0.297. The van der Waals surface area contributed by atoms with Crippen LogP contribution >= 0.6 is 0 Å². The average Bonchev–Trinajstić information content (AvgIpc) is 3.50. The molecule has 1 aromatic rings. The smallest absolute Gasteiger partial charge is 0.364 e. The third kappa shape index (κ3) is 9.19. The fourth-order valence-corrected chi connectivity index (χ4v) is 5.55. The number of nitrogens with zero attached hydrogens (tertiary/aromatic N) is 3. The van der Waals surface area contributed by atoms with Crippen molar-refractivity contribution < 1.29 is 52.2 Å². The Labute approximate surface area is 276 Å². The summed E-state index contributed by atoms with van der Waals surface area (Å²) in [7, 11) is 0. The van der Waals surface area contributed by atoms with E-state index in [9.17, 15) is 38.4 Å². The molecule has 2 aliphatic heterocycles. The van der Waals surface area contributed by atoms with Crippen LogP contribution in [0, 0.1) is 11.8 Å². The second-order valence-corrected chi connectivity index (χ2v) is 12.6. The molecule has 3 N–H and O–H groups in total. The summed E-state index contributed by atoms with van der Waals surface area (Å²) < 4.78 is 30.2. The number of carbonyl (C=O) groups is 8. The van der Waals surface area contributed by atoms with Gasteiger partial charge in [-0.15, -0.1) is 0 Å². The molecule has 5 amide bonds. The van der Waals surface area contributed by atoms with Gasteiger partial charge in [0.05, 0.1) is 6.04 Å². The summed E-state index contributed by atoms with van der Waals surface area (Å²) in [6, 6.07) is 3.68. The quantitative estimate of drug-likeness (QED) is 0.215. The van der Waals surface area contributed by atoms with Crippen molar-refractivity contribution in [2.45, 2.75) is 71.0 Å². The molecule has 0 aliphatic carbocycles. The summed E-state index contributed by atoms with van der Waals surface area (Å²) in [5, 5.41) is 13.8. The zero-order chi connectivity index (χ0) is 35.9. The maximum Gasteiger partial charge on any atom is 0.364 e. The first kappa shape index (κ1) is 37.7. The van der Waals surface area contributed by atoms with Gasteiger partial charge in [0.15, 0.2) is 0 Å². The largest absolute Gasteiger partial charge is 0.480 e. The molecule has 0 aromatic heterocycles. The lowest BCUT2D eigenvalue weighted by Crippen LogP contribution is -2.60. The minimum atomic E-state index is -4.38. The van der Waals surface area contributed by atoms with Crippen LogP contribution in [0.3, 0.4) is 0 Å². The van der Waals surface area contributed by atoms with Gasteiger partial charge >= 0.3 is 11.9 Å². The summed E-state index contributed by atoms with van der Waals surface area (Å²) in [6.45, 7) is 3.94. The van der Waals surface area contributed by atoms with Crippen molar-refractivity contribution in [2.75, 3.05) is 32.7 Å². The molecule has 3 atom stereocenters. The number of halogens is 2. The zero-order valence-electron chi connectivity index (χ0n) is 27.2. The molecule has 0 bridgehead atoms. The summed E-state index contributed by atoms with van der Waals surface area (Å²) >= 11 is 0. The highest BCUT2D eigenvalue weighted by Crippen LogP contribution is 2.25. The number of Topliss-reactive ketones (excluding diaryl/α,β-unsaturated/α-hetero) is 2. The van der Waals surface area contributed by atoms with Gasteiger partial charge in [-0.3, -0.25) is 38.4 Å². The van der Waals surface area contributed by atoms with Crippen molar-refractivity contribution in [1.82, 2.24) is 25.3 Å². The number of amides is 5. The molecule has 14 nitrogen and oxygen atoms in total. The Hall–Kier alpha value is -4.76. The Morgan fingerprint density at radius 3 is 1.98 bits per heavy atom. The molecule has 0 unspecified atom stereocenters. The van der Waals surface area contributed by atoms with Crippen molar-refractivity contribution in [3.63, 3.8) is 0 Å². The number of carboxylic acids is 1. The molecular weight excluding hydrogens is 636 g/mol. The number of carbonyl (C=O) groups excluding carboxylic acids is 7. The first-order chi connectivity index (χ1) is 22.4. The van der Waals surface area contributed by atoms with Crippen LogP contribution in [0.15, 0.2) is 30.3 Å². The molecule has 0 radical (unpaired) electrons. The number of carboxylic acid groups (broad SMARTS) is 1. The Balaban J connectivity index is 1.67. The number of rotatable bonds is 15. The lowest BCUT2D eigenvalue weighted by atomic mass is 9.91. The molecule has 1 aromatic carbocycles. The van der Waals surface area contributed by atoms with Gasteiger partial charge in [0.1, 0.15) is 38.3 Å². The average molecular weight is 678 g/mol. The van der Waals surface area contributed by atoms with E-state index >= 15 is 8.78 Å². The number of hydrogen-bond acceptors (Lipinski definition) is 8. The second kappa shape index (κ2) is 15.9. The maximum atomic E-state index is 15.1. The van der Waals surface area contributed by atoms with Gasteiger partial charge in [-0.2, -0.15) is 8.78 Å². The van der Waals surface area contributed by atoms with Crippen LogP contribution in [0.5, 0.6) is 0 Å². The number of alkyl halides is 2. The third-order valence-electron chi connectivity index (χ3n) is 8.22. The number of benzene rings is 1. The number of likely N-dealkylation sites (tertiary alicyclic amines) is 1. The van der Waals surface area contributed by atoms with Crippen molar-refractivity contribution in [1.29, 1.82) is 0 Å². The molecule has 2 aliphatic rings. The van der Waals surface area contributed by atoms with E-state index in [2.05, 4.69) is 10.6 Å². The van der Waals surface area contributed by atoms with Crippen LogP contribution in [0.25, 0.3) is 0 Å². The highest BCUT2D eigenvalue weighted by atomic mass is 19.3.